The van der Waals surface area contributed by atoms with Crippen molar-refractivity contribution in [1.29, 1.82) is 0 Å². The highest BCUT2D eigenvalue weighted by molar-refractivity contribution is 7.10. The van der Waals surface area contributed by atoms with Gasteiger partial charge >= 0.3 is 0 Å². The third-order valence-electron chi connectivity index (χ3n) is 5.43. The molecule has 3 nitrogen and oxygen atoms in total. The second-order valence-corrected chi connectivity index (χ2v) is 8.81. The quantitative estimate of drug-likeness (QED) is 0.777. The summed E-state index contributed by atoms with van der Waals surface area (Å²) in [5.41, 5.74) is 5.22. The van der Waals surface area contributed by atoms with E-state index < -0.39 is 0 Å². The van der Waals surface area contributed by atoms with E-state index in [1.807, 2.05) is 11.6 Å². The monoisotopic (exact) mass is 352 g/mol. The molecule has 2 atom stereocenters. The number of Topliss-reactive ketones (excluding diaryl/α,β-unsaturated/α-hetero) is 1. The number of thiazole rings is 1. The van der Waals surface area contributed by atoms with Crippen LogP contribution in [0.4, 0.5) is 5.82 Å². The third kappa shape index (κ3) is 2.82. The number of fused-ring (bicyclic) bond motifs is 1. The summed E-state index contributed by atoms with van der Waals surface area (Å²) in [6, 6.07) is 10.5. The molecule has 0 saturated heterocycles. The molecule has 4 heteroatoms. The van der Waals surface area contributed by atoms with E-state index in [1.54, 1.807) is 11.3 Å². The number of carbonyl (C=O) groups is 1. The molecule has 0 fully saturated rings. The Kier molecular flexibility index (Phi) is 4.03. The number of hydrogen-bond acceptors (Lipinski definition) is 4. The van der Waals surface area contributed by atoms with Crippen LogP contribution in [0.2, 0.25) is 0 Å². The van der Waals surface area contributed by atoms with Gasteiger partial charge in [0.25, 0.3) is 0 Å². The zero-order valence-corrected chi connectivity index (χ0v) is 15.8. The predicted molar refractivity (Wildman–Crippen MR) is 103 cm³/mol. The van der Waals surface area contributed by atoms with Crippen molar-refractivity contribution in [2.45, 2.75) is 51.9 Å². The van der Waals surface area contributed by atoms with Crippen LogP contribution < -0.4 is 5.32 Å². The van der Waals surface area contributed by atoms with E-state index in [9.17, 15) is 4.79 Å². The topological polar surface area (TPSA) is 42.0 Å². The second kappa shape index (κ2) is 6.10. The van der Waals surface area contributed by atoms with Crippen molar-refractivity contribution in [3.05, 3.63) is 57.6 Å². The molecule has 2 aromatic rings. The van der Waals surface area contributed by atoms with Crippen molar-refractivity contribution in [2.24, 2.45) is 5.41 Å². The Labute approximate surface area is 153 Å². The standard InChI is InChI=1S/C21H24N2OS/c1-4-14-17(13-8-6-5-7-9-13)18-15(10-21(2,3)11-16(18)24)23-20-19(14)25-12-22-20/h5-9,12,14,17,23H,4,10-11H2,1-3H3/t14?,17-/m1/s1. The molecule has 0 amide bonds. The normalized spacial score (nSPS) is 25.0. The fourth-order valence-corrected chi connectivity index (χ4v) is 5.36. The molecule has 0 radical (unpaired) electrons. The van der Waals surface area contributed by atoms with Crippen molar-refractivity contribution >= 4 is 22.9 Å². The molecule has 1 aromatic carbocycles. The van der Waals surface area contributed by atoms with Crippen LogP contribution in [0.25, 0.3) is 0 Å². The SMILES string of the molecule is CCC1c2scnc2NC2=C(C(=O)CC(C)(C)C2)[C@@H]1c1ccccc1. The number of hydrogen-bond donors (Lipinski definition) is 1. The summed E-state index contributed by atoms with van der Waals surface area (Å²) in [4.78, 5) is 19.0. The number of anilines is 1. The van der Waals surface area contributed by atoms with E-state index >= 15 is 0 Å². The zero-order chi connectivity index (χ0) is 17.6. The van der Waals surface area contributed by atoms with Gasteiger partial charge in [0.1, 0.15) is 5.82 Å². The van der Waals surface area contributed by atoms with Crippen molar-refractivity contribution < 1.29 is 4.79 Å². The molecule has 1 unspecified atom stereocenters. The molecule has 130 valence electrons. The molecule has 25 heavy (non-hydrogen) atoms. The maximum atomic E-state index is 13.2. The summed E-state index contributed by atoms with van der Waals surface area (Å²) >= 11 is 1.70. The lowest BCUT2D eigenvalue weighted by molar-refractivity contribution is -0.118. The zero-order valence-electron chi connectivity index (χ0n) is 15.0. The van der Waals surface area contributed by atoms with Gasteiger partial charge < -0.3 is 5.32 Å². The van der Waals surface area contributed by atoms with Gasteiger partial charge in [0, 0.05) is 29.5 Å². The largest absolute Gasteiger partial charge is 0.342 e. The molecular formula is C21H24N2OS. The highest BCUT2D eigenvalue weighted by Gasteiger charge is 2.42. The summed E-state index contributed by atoms with van der Waals surface area (Å²) in [6.45, 7) is 6.57. The fourth-order valence-electron chi connectivity index (χ4n) is 4.40. The van der Waals surface area contributed by atoms with Crippen LogP contribution >= 0.6 is 11.3 Å². The van der Waals surface area contributed by atoms with Crippen LogP contribution in [0.1, 0.15) is 62.3 Å². The molecule has 4 rings (SSSR count). The third-order valence-corrected chi connectivity index (χ3v) is 6.39. The van der Waals surface area contributed by atoms with Crippen molar-refractivity contribution in [1.82, 2.24) is 4.98 Å². The molecule has 0 bridgehead atoms. The Morgan fingerprint density at radius 3 is 2.72 bits per heavy atom. The van der Waals surface area contributed by atoms with Gasteiger partial charge in [-0.15, -0.1) is 11.3 Å². The van der Waals surface area contributed by atoms with Crippen LogP contribution in [0.15, 0.2) is 47.1 Å². The fraction of sp³-hybridized carbons (Fsp3) is 0.429. The van der Waals surface area contributed by atoms with Gasteiger partial charge in [0.15, 0.2) is 5.78 Å². The van der Waals surface area contributed by atoms with E-state index in [4.69, 9.17) is 0 Å². The van der Waals surface area contributed by atoms with Gasteiger partial charge in [0.05, 0.1) is 10.4 Å². The Bertz CT molecular complexity index is 835. The first-order valence-electron chi connectivity index (χ1n) is 9.02. The summed E-state index contributed by atoms with van der Waals surface area (Å²) in [5.74, 6) is 1.64. The number of aromatic nitrogens is 1. The number of allylic oxidation sites excluding steroid dienone is 2. The average molecular weight is 353 g/mol. The lowest BCUT2D eigenvalue weighted by Gasteiger charge is -2.35. The number of rotatable bonds is 2. The van der Waals surface area contributed by atoms with Crippen molar-refractivity contribution in [3.8, 4) is 0 Å². The number of ketones is 1. The van der Waals surface area contributed by atoms with Gasteiger partial charge in [-0.05, 0) is 23.8 Å². The first kappa shape index (κ1) is 16.5. The van der Waals surface area contributed by atoms with Crippen LogP contribution in [0.5, 0.6) is 0 Å². The Morgan fingerprint density at radius 1 is 1.24 bits per heavy atom. The molecule has 1 aliphatic carbocycles. The van der Waals surface area contributed by atoms with Crippen LogP contribution in [-0.2, 0) is 4.79 Å². The Morgan fingerprint density at radius 2 is 2.00 bits per heavy atom. The number of carbonyl (C=O) groups excluding carboxylic acids is 1. The maximum absolute atomic E-state index is 13.2. The second-order valence-electron chi connectivity index (χ2n) is 7.93. The minimum Gasteiger partial charge on any atom is -0.342 e. The molecule has 0 saturated carbocycles. The van der Waals surface area contributed by atoms with Gasteiger partial charge in [-0.1, -0.05) is 51.1 Å². The smallest absolute Gasteiger partial charge is 0.161 e. The maximum Gasteiger partial charge on any atom is 0.161 e. The number of benzene rings is 1. The molecule has 1 N–H and O–H groups in total. The lowest BCUT2D eigenvalue weighted by Crippen LogP contribution is -2.31. The highest BCUT2D eigenvalue weighted by Crippen LogP contribution is 2.52. The van der Waals surface area contributed by atoms with E-state index in [-0.39, 0.29) is 17.3 Å². The molecule has 1 aromatic heterocycles. The Balaban J connectivity index is 1.95. The van der Waals surface area contributed by atoms with Crippen LogP contribution in [0.3, 0.4) is 0 Å². The van der Waals surface area contributed by atoms with Crippen molar-refractivity contribution in [2.75, 3.05) is 5.32 Å². The van der Waals surface area contributed by atoms with E-state index in [0.29, 0.717) is 12.2 Å². The Hall–Kier alpha value is -1.94. The van der Waals surface area contributed by atoms with E-state index in [0.717, 1.165) is 29.9 Å². The highest BCUT2D eigenvalue weighted by atomic mass is 32.1. The van der Waals surface area contributed by atoms with Gasteiger partial charge in [-0.2, -0.15) is 0 Å². The van der Waals surface area contributed by atoms with E-state index in [2.05, 4.69) is 55.3 Å². The first-order valence-corrected chi connectivity index (χ1v) is 9.90. The summed E-state index contributed by atoms with van der Waals surface area (Å²) in [6.07, 6.45) is 2.50. The number of nitrogens with one attached hydrogen (secondary N) is 1. The number of nitrogens with zero attached hydrogens (tertiary/aromatic N) is 1. The molecule has 2 aliphatic rings. The predicted octanol–water partition coefficient (Wildman–Crippen LogP) is 5.49. The summed E-state index contributed by atoms with van der Waals surface area (Å²) in [5, 5.41) is 3.55. The van der Waals surface area contributed by atoms with Gasteiger partial charge in [-0.25, -0.2) is 4.98 Å². The van der Waals surface area contributed by atoms with Gasteiger partial charge in [0.2, 0.25) is 0 Å². The first-order chi connectivity index (χ1) is 12.0. The van der Waals surface area contributed by atoms with Gasteiger partial charge in [-0.3, -0.25) is 4.79 Å². The minimum atomic E-state index is -0.00755. The average Bonchev–Trinajstić information content (AvgIpc) is 2.96. The lowest BCUT2D eigenvalue weighted by atomic mass is 9.69. The summed E-state index contributed by atoms with van der Waals surface area (Å²) in [7, 11) is 0. The van der Waals surface area contributed by atoms with E-state index in [1.165, 1.54) is 10.4 Å². The van der Waals surface area contributed by atoms with Crippen LogP contribution in [-0.4, -0.2) is 10.8 Å². The molecular weight excluding hydrogens is 328 g/mol. The summed E-state index contributed by atoms with van der Waals surface area (Å²) < 4.78 is 0. The van der Waals surface area contributed by atoms with Crippen molar-refractivity contribution in [3.63, 3.8) is 0 Å². The minimum absolute atomic E-state index is 0.00755. The molecule has 2 heterocycles. The molecule has 0 spiro atoms. The molecule has 1 aliphatic heterocycles. The van der Waals surface area contributed by atoms with Crippen LogP contribution in [0, 0.1) is 5.41 Å².